The number of aryl methyl sites for hydroxylation is 2. The number of hydrogen-bond acceptors (Lipinski definition) is 0. The summed E-state index contributed by atoms with van der Waals surface area (Å²) < 4.78 is 2.26. The van der Waals surface area contributed by atoms with Crippen LogP contribution < -0.4 is 4.57 Å². The fourth-order valence-electron chi connectivity index (χ4n) is 3.23. The summed E-state index contributed by atoms with van der Waals surface area (Å²) in [6, 6.07) is 21.6. The van der Waals surface area contributed by atoms with Gasteiger partial charge in [-0.2, -0.15) is 0 Å². The van der Waals surface area contributed by atoms with E-state index in [0.717, 1.165) is 0 Å². The Labute approximate surface area is 145 Å². The molecule has 0 aliphatic carbocycles. The quantitative estimate of drug-likeness (QED) is 0.553. The molecular weight excluding hydrogens is 290 g/mol. The zero-order chi connectivity index (χ0) is 17.3. The van der Waals surface area contributed by atoms with Gasteiger partial charge in [-0.1, -0.05) is 69.3 Å². The van der Waals surface area contributed by atoms with Crippen molar-refractivity contribution in [2.45, 2.75) is 33.1 Å². The third-order valence-corrected chi connectivity index (χ3v) is 4.59. The predicted octanol–water partition coefficient (Wildman–Crippen LogP) is 5.45. The van der Waals surface area contributed by atoms with Gasteiger partial charge in [0.05, 0.1) is 0 Å². The molecular formula is C23H26N+. The summed E-state index contributed by atoms with van der Waals surface area (Å²) in [7, 11) is 2.14. The first-order valence-electron chi connectivity index (χ1n) is 8.53. The third kappa shape index (κ3) is 3.12. The molecule has 1 nitrogen and oxygen atoms in total. The zero-order valence-corrected chi connectivity index (χ0v) is 15.3. The maximum atomic E-state index is 2.35. The Bertz CT molecular complexity index is 855. The van der Waals surface area contributed by atoms with Crippen LogP contribution in [0.15, 0.2) is 66.9 Å². The van der Waals surface area contributed by atoms with E-state index < -0.39 is 0 Å². The normalized spacial score (nSPS) is 11.5. The molecule has 3 rings (SSSR count). The van der Waals surface area contributed by atoms with Gasteiger partial charge < -0.3 is 0 Å². The summed E-state index contributed by atoms with van der Waals surface area (Å²) in [6.07, 6.45) is 2.30. The summed E-state index contributed by atoms with van der Waals surface area (Å²) >= 11 is 0. The van der Waals surface area contributed by atoms with Gasteiger partial charge in [0.1, 0.15) is 7.05 Å². The first kappa shape index (κ1) is 16.4. The molecule has 3 aromatic rings. The molecule has 0 bridgehead atoms. The van der Waals surface area contributed by atoms with Crippen molar-refractivity contribution >= 4 is 0 Å². The molecule has 2 aromatic carbocycles. The van der Waals surface area contributed by atoms with Crippen molar-refractivity contribution in [2.75, 3.05) is 0 Å². The lowest BCUT2D eigenvalue weighted by molar-refractivity contribution is -0.660. The monoisotopic (exact) mass is 316 g/mol. The summed E-state index contributed by atoms with van der Waals surface area (Å²) in [5.41, 5.74) is 7.90. The minimum absolute atomic E-state index is 0.0905. The Morgan fingerprint density at radius 3 is 2.04 bits per heavy atom. The largest absolute Gasteiger partial charge is 0.213 e. The number of aromatic nitrogens is 1. The van der Waals surface area contributed by atoms with E-state index >= 15 is 0 Å². The molecule has 1 aromatic heterocycles. The van der Waals surface area contributed by atoms with Crippen molar-refractivity contribution in [3.63, 3.8) is 0 Å². The van der Waals surface area contributed by atoms with Gasteiger partial charge in [-0.3, -0.25) is 0 Å². The van der Waals surface area contributed by atoms with Crippen molar-refractivity contribution in [2.24, 2.45) is 7.05 Å². The van der Waals surface area contributed by atoms with E-state index in [9.17, 15) is 0 Å². The molecule has 0 fully saturated rings. The molecule has 0 atom stereocenters. The molecule has 0 N–H and O–H groups in total. The van der Waals surface area contributed by atoms with Crippen molar-refractivity contribution < 1.29 is 4.57 Å². The van der Waals surface area contributed by atoms with E-state index in [2.05, 4.69) is 106 Å². The Balaban J connectivity index is 2.30. The van der Waals surface area contributed by atoms with Gasteiger partial charge in [0.25, 0.3) is 0 Å². The molecule has 0 saturated carbocycles. The van der Waals surface area contributed by atoms with Gasteiger partial charge in [-0.15, -0.1) is 0 Å². The van der Waals surface area contributed by atoms with E-state index in [0.29, 0.717) is 0 Å². The molecule has 0 aliphatic heterocycles. The maximum absolute atomic E-state index is 2.35. The topological polar surface area (TPSA) is 3.88 Å². The van der Waals surface area contributed by atoms with Crippen molar-refractivity contribution in [3.8, 4) is 22.4 Å². The van der Waals surface area contributed by atoms with Crippen LogP contribution in [0.1, 0.15) is 31.9 Å². The highest BCUT2D eigenvalue weighted by molar-refractivity contribution is 5.73. The van der Waals surface area contributed by atoms with Crippen LogP contribution in [0.5, 0.6) is 0 Å². The van der Waals surface area contributed by atoms with Crippen LogP contribution >= 0.6 is 0 Å². The lowest BCUT2D eigenvalue weighted by Gasteiger charge is -2.22. The Kier molecular flexibility index (Phi) is 4.28. The highest BCUT2D eigenvalue weighted by atomic mass is 14.9. The van der Waals surface area contributed by atoms with Gasteiger partial charge in [0.2, 0.25) is 5.69 Å². The summed E-state index contributed by atoms with van der Waals surface area (Å²) in [5, 5.41) is 0. The fourth-order valence-corrected chi connectivity index (χ4v) is 3.23. The van der Waals surface area contributed by atoms with Gasteiger partial charge in [-0.25, -0.2) is 4.57 Å². The summed E-state index contributed by atoms with van der Waals surface area (Å²) in [4.78, 5) is 0. The van der Waals surface area contributed by atoms with E-state index in [1.807, 2.05) is 0 Å². The second kappa shape index (κ2) is 6.24. The highest BCUT2D eigenvalue weighted by Crippen LogP contribution is 2.34. The molecule has 1 heteroatoms. The first-order valence-corrected chi connectivity index (χ1v) is 8.53. The smallest absolute Gasteiger partial charge is 0.201 e. The molecule has 0 amide bonds. The van der Waals surface area contributed by atoms with Crippen LogP contribution in [0.2, 0.25) is 0 Å². The van der Waals surface area contributed by atoms with Crippen LogP contribution in [0.4, 0.5) is 0 Å². The Morgan fingerprint density at radius 1 is 0.792 bits per heavy atom. The molecule has 0 unspecified atom stereocenters. The van der Waals surface area contributed by atoms with E-state index in [-0.39, 0.29) is 5.41 Å². The van der Waals surface area contributed by atoms with E-state index in [1.54, 1.807) is 0 Å². The molecule has 0 aliphatic rings. The molecule has 122 valence electrons. The van der Waals surface area contributed by atoms with E-state index in [4.69, 9.17) is 0 Å². The number of nitrogens with zero attached hydrogens (tertiary/aromatic N) is 1. The lowest BCUT2D eigenvalue weighted by atomic mass is 9.82. The van der Waals surface area contributed by atoms with Crippen molar-refractivity contribution in [1.82, 2.24) is 0 Å². The summed E-state index contributed by atoms with van der Waals surface area (Å²) in [6.45, 7) is 9.02. The standard InChI is InChI=1S/C23H26N/c1-17-11-9-10-14-19(17)22-15-20(18-12-7-6-8-13-18)21(16-24(22)5)23(2,3)4/h6-16H,1-5H3/q+1. The Morgan fingerprint density at radius 2 is 1.42 bits per heavy atom. The fraction of sp³-hybridized carbons (Fsp3) is 0.261. The third-order valence-electron chi connectivity index (χ3n) is 4.59. The van der Waals surface area contributed by atoms with Crippen LogP contribution in [0, 0.1) is 6.92 Å². The number of hydrogen-bond donors (Lipinski definition) is 0. The minimum Gasteiger partial charge on any atom is -0.201 e. The van der Waals surface area contributed by atoms with Crippen LogP contribution in [0.25, 0.3) is 22.4 Å². The Hall–Kier alpha value is -2.41. The van der Waals surface area contributed by atoms with Gasteiger partial charge in [0.15, 0.2) is 6.20 Å². The summed E-state index contributed by atoms with van der Waals surface area (Å²) in [5.74, 6) is 0. The molecule has 1 heterocycles. The van der Waals surface area contributed by atoms with E-state index in [1.165, 1.54) is 33.5 Å². The predicted molar refractivity (Wildman–Crippen MR) is 102 cm³/mol. The van der Waals surface area contributed by atoms with Crippen molar-refractivity contribution in [1.29, 1.82) is 0 Å². The van der Waals surface area contributed by atoms with Gasteiger partial charge in [-0.05, 0) is 35.1 Å². The second-order valence-corrected chi connectivity index (χ2v) is 7.53. The van der Waals surface area contributed by atoms with Gasteiger partial charge in [0, 0.05) is 17.2 Å². The molecule has 0 spiro atoms. The SMILES string of the molecule is Cc1ccccc1-c1cc(-c2ccccc2)c(C(C)(C)C)c[n+]1C. The maximum Gasteiger partial charge on any atom is 0.213 e. The average Bonchev–Trinajstić information content (AvgIpc) is 2.55. The highest BCUT2D eigenvalue weighted by Gasteiger charge is 2.25. The average molecular weight is 316 g/mol. The first-order chi connectivity index (χ1) is 11.4. The minimum atomic E-state index is 0.0905. The van der Waals surface area contributed by atoms with Gasteiger partial charge >= 0.3 is 0 Å². The van der Waals surface area contributed by atoms with Crippen LogP contribution in [-0.2, 0) is 12.5 Å². The van der Waals surface area contributed by atoms with Crippen molar-refractivity contribution in [3.05, 3.63) is 78.0 Å². The number of benzene rings is 2. The van der Waals surface area contributed by atoms with Crippen LogP contribution in [0.3, 0.4) is 0 Å². The molecule has 24 heavy (non-hydrogen) atoms. The zero-order valence-electron chi connectivity index (χ0n) is 15.3. The molecule has 0 radical (unpaired) electrons. The molecule has 0 saturated heterocycles. The van der Waals surface area contributed by atoms with Crippen LogP contribution in [-0.4, -0.2) is 0 Å². The number of rotatable bonds is 2. The lowest BCUT2D eigenvalue weighted by Crippen LogP contribution is -2.34. The number of pyridine rings is 1. The second-order valence-electron chi connectivity index (χ2n) is 7.53.